The number of carbonyl (C=O) groups excluding carboxylic acids is 1. The van der Waals surface area contributed by atoms with Crippen LogP contribution in [0, 0.1) is 0 Å². The van der Waals surface area contributed by atoms with Crippen LogP contribution in [-0.2, 0) is 0 Å². The second-order valence-electron chi connectivity index (χ2n) is 5.10. The highest BCUT2D eigenvalue weighted by Gasteiger charge is 2.23. The van der Waals surface area contributed by atoms with Gasteiger partial charge in [-0.15, -0.1) is 0 Å². The van der Waals surface area contributed by atoms with Crippen LogP contribution in [0.3, 0.4) is 0 Å². The van der Waals surface area contributed by atoms with Crippen molar-refractivity contribution in [1.29, 1.82) is 0 Å². The highest BCUT2D eigenvalue weighted by atomic mass is 35.5. The Morgan fingerprint density at radius 1 is 1.14 bits per heavy atom. The smallest absolute Gasteiger partial charge is 0.172 e. The molecule has 3 rings (SSSR count). The molecule has 1 N–H and O–H groups in total. The number of para-hydroxylation sites is 1. The normalized spacial score (nSPS) is 12.5. The zero-order chi connectivity index (χ0) is 14.8. The molecule has 1 atom stereocenters. The molecular weight excluding hydrogens is 282 g/mol. The minimum Gasteiger partial charge on any atom is -0.359 e. The van der Waals surface area contributed by atoms with Crippen LogP contribution in [-0.4, -0.2) is 10.8 Å². The number of aromatic amines is 1. The van der Waals surface area contributed by atoms with E-state index in [0.717, 1.165) is 22.9 Å². The van der Waals surface area contributed by atoms with E-state index in [0.29, 0.717) is 10.6 Å². The first-order valence-electron chi connectivity index (χ1n) is 7.07. The van der Waals surface area contributed by atoms with E-state index in [1.54, 1.807) is 6.20 Å². The second kappa shape index (κ2) is 5.74. The Kier molecular flexibility index (Phi) is 3.80. The van der Waals surface area contributed by atoms with Crippen molar-refractivity contribution >= 4 is 28.3 Å². The molecule has 106 valence electrons. The van der Waals surface area contributed by atoms with Crippen LogP contribution in [0.2, 0.25) is 5.02 Å². The average molecular weight is 298 g/mol. The van der Waals surface area contributed by atoms with Gasteiger partial charge in [-0.05, 0) is 18.1 Å². The number of ketones is 1. The third-order valence-electron chi connectivity index (χ3n) is 3.86. The number of hydrogen-bond donors (Lipinski definition) is 1. The molecule has 1 aromatic heterocycles. The van der Waals surface area contributed by atoms with Crippen molar-refractivity contribution in [2.45, 2.75) is 19.3 Å². The zero-order valence-corrected chi connectivity index (χ0v) is 12.5. The van der Waals surface area contributed by atoms with E-state index in [9.17, 15) is 4.79 Å². The fourth-order valence-electron chi connectivity index (χ4n) is 2.77. The number of H-pyrrole nitrogens is 1. The lowest BCUT2D eigenvalue weighted by molar-refractivity contribution is 0.0959. The van der Waals surface area contributed by atoms with Gasteiger partial charge < -0.3 is 4.98 Å². The van der Waals surface area contributed by atoms with Crippen molar-refractivity contribution in [2.75, 3.05) is 0 Å². The topological polar surface area (TPSA) is 32.9 Å². The van der Waals surface area contributed by atoms with E-state index in [1.165, 1.54) is 0 Å². The minimum absolute atomic E-state index is 0.121. The Labute approximate surface area is 128 Å². The molecule has 21 heavy (non-hydrogen) atoms. The molecule has 3 aromatic rings. The van der Waals surface area contributed by atoms with Crippen molar-refractivity contribution in [2.24, 2.45) is 0 Å². The van der Waals surface area contributed by atoms with Crippen molar-refractivity contribution in [3.63, 3.8) is 0 Å². The number of aromatic nitrogens is 1. The molecule has 3 heteroatoms. The van der Waals surface area contributed by atoms with Gasteiger partial charge in [0, 0.05) is 23.1 Å². The lowest BCUT2D eigenvalue weighted by atomic mass is 9.88. The summed E-state index contributed by atoms with van der Waals surface area (Å²) < 4.78 is 0. The third-order valence-corrected chi connectivity index (χ3v) is 4.17. The molecule has 0 aliphatic carbocycles. The van der Waals surface area contributed by atoms with Crippen molar-refractivity contribution in [3.8, 4) is 0 Å². The summed E-state index contributed by atoms with van der Waals surface area (Å²) in [6.07, 6.45) is 2.54. The standard InChI is InChI=1S/C18H16ClNO/c1-2-13(12-7-4-3-5-8-12)18(21)15-11-20-17-14(15)9-6-10-16(17)19/h3-11,13,20H,2H2,1H3. The molecule has 2 aromatic carbocycles. The lowest BCUT2D eigenvalue weighted by Gasteiger charge is -2.13. The second-order valence-corrected chi connectivity index (χ2v) is 5.51. The molecule has 0 saturated heterocycles. The van der Waals surface area contributed by atoms with E-state index in [4.69, 9.17) is 11.6 Å². The summed E-state index contributed by atoms with van der Waals surface area (Å²) in [5.74, 6) is 0.0152. The highest BCUT2D eigenvalue weighted by Crippen LogP contribution is 2.30. The fourth-order valence-corrected chi connectivity index (χ4v) is 3.00. The number of carbonyl (C=O) groups is 1. The third kappa shape index (κ3) is 2.47. The van der Waals surface area contributed by atoms with Gasteiger partial charge in [0.1, 0.15) is 0 Å². The van der Waals surface area contributed by atoms with Crippen LogP contribution >= 0.6 is 11.6 Å². The van der Waals surface area contributed by atoms with Gasteiger partial charge in [-0.3, -0.25) is 4.79 Å². The number of rotatable bonds is 4. The average Bonchev–Trinajstić information content (AvgIpc) is 2.94. The number of benzene rings is 2. The maximum absolute atomic E-state index is 12.9. The van der Waals surface area contributed by atoms with Gasteiger partial charge in [-0.2, -0.15) is 0 Å². The van der Waals surface area contributed by atoms with Gasteiger partial charge in [0.15, 0.2) is 5.78 Å². The maximum Gasteiger partial charge on any atom is 0.172 e. The summed E-state index contributed by atoms with van der Waals surface area (Å²) in [6.45, 7) is 2.04. The monoisotopic (exact) mass is 297 g/mol. The summed E-state index contributed by atoms with van der Waals surface area (Å²) in [7, 11) is 0. The Balaban J connectivity index is 2.05. The maximum atomic E-state index is 12.9. The minimum atomic E-state index is -0.121. The zero-order valence-electron chi connectivity index (χ0n) is 11.8. The van der Waals surface area contributed by atoms with Crippen molar-refractivity contribution in [1.82, 2.24) is 4.98 Å². The lowest BCUT2D eigenvalue weighted by Crippen LogP contribution is -2.11. The van der Waals surface area contributed by atoms with Crippen LogP contribution in [0.4, 0.5) is 0 Å². The van der Waals surface area contributed by atoms with Gasteiger partial charge in [0.05, 0.1) is 10.5 Å². The number of fused-ring (bicyclic) bond motifs is 1. The summed E-state index contributed by atoms with van der Waals surface area (Å²) in [4.78, 5) is 16.0. The predicted molar refractivity (Wildman–Crippen MR) is 87.1 cm³/mol. The number of nitrogens with one attached hydrogen (secondary N) is 1. The Bertz CT molecular complexity index is 776. The van der Waals surface area contributed by atoms with E-state index < -0.39 is 0 Å². The van der Waals surface area contributed by atoms with Gasteiger partial charge >= 0.3 is 0 Å². The van der Waals surface area contributed by atoms with Crippen molar-refractivity contribution in [3.05, 3.63) is 70.9 Å². The van der Waals surface area contributed by atoms with E-state index in [2.05, 4.69) is 4.98 Å². The molecule has 2 nitrogen and oxygen atoms in total. The van der Waals surface area contributed by atoms with Gasteiger partial charge in [0.25, 0.3) is 0 Å². The molecule has 0 saturated carbocycles. The number of hydrogen-bond acceptors (Lipinski definition) is 1. The summed E-state index contributed by atoms with van der Waals surface area (Å²) in [5.41, 5.74) is 2.59. The fraction of sp³-hybridized carbons (Fsp3) is 0.167. The van der Waals surface area contributed by atoms with Crippen LogP contribution in [0.25, 0.3) is 10.9 Å². The Hall–Kier alpha value is -2.06. The van der Waals surface area contributed by atoms with E-state index >= 15 is 0 Å². The predicted octanol–water partition coefficient (Wildman–Crippen LogP) is 5.20. The van der Waals surface area contributed by atoms with E-state index in [1.807, 2.05) is 55.5 Å². The van der Waals surface area contributed by atoms with E-state index in [-0.39, 0.29) is 11.7 Å². The summed E-state index contributed by atoms with van der Waals surface area (Å²) >= 11 is 6.16. The van der Waals surface area contributed by atoms with Gasteiger partial charge in [0.2, 0.25) is 0 Å². The van der Waals surface area contributed by atoms with Crippen LogP contribution in [0.5, 0.6) is 0 Å². The first kappa shape index (κ1) is 13.9. The first-order chi connectivity index (χ1) is 10.2. The van der Waals surface area contributed by atoms with Gasteiger partial charge in [-0.1, -0.05) is 61.0 Å². The van der Waals surface area contributed by atoms with Crippen LogP contribution < -0.4 is 0 Å². The number of Topliss-reactive ketones (excluding diaryl/α,β-unsaturated/α-hetero) is 1. The Morgan fingerprint density at radius 2 is 1.90 bits per heavy atom. The number of halogens is 1. The molecular formula is C18H16ClNO. The van der Waals surface area contributed by atoms with Crippen LogP contribution in [0.1, 0.15) is 35.2 Å². The largest absolute Gasteiger partial charge is 0.359 e. The molecule has 0 fully saturated rings. The molecule has 1 unspecified atom stereocenters. The molecule has 1 heterocycles. The molecule has 0 bridgehead atoms. The SMILES string of the molecule is CCC(C(=O)c1c[nH]c2c(Cl)cccc12)c1ccccc1. The Morgan fingerprint density at radius 3 is 2.62 bits per heavy atom. The molecule has 0 aliphatic rings. The first-order valence-corrected chi connectivity index (χ1v) is 7.45. The molecule has 0 spiro atoms. The molecule has 0 amide bonds. The molecule has 0 aliphatic heterocycles. The summed E-state index contributed by atoms with van der Waals surface area (Å²) in [5, 5.41) is 1.53. The summed E-state index contributed by atoms with van der Waals surface area (Å²) in [6, 6.07) is 15.5. The van der Waals surface area contributed by atoms with Crippen LogP contribution in [0.15, 0.2) is 54.7 Å². The van der Waals surface area contributed by atoms with Gasteiger partial charge in [-0.25, -0.2) is 0 Å². The molecule has 0 radical (unpaired) electrons. The quantitative estimate of drug-likeness (QED) is 0.660. The van der Waals surface area contributed by atoms with Crippen molar-refractivity contribution < 1.29 is 4.79 Å². The highest BCUT2D eigenvalue weighted by molar-refractivity contribution is 6.35.